The molecule has 1 aliphatic heterocycles. The number of halogens is 2. The van der Waals surface area contributed by atoms with Gasteiger partial charge in [0.1, 0.15) is 22.9 Å². The highest BCUT2D eigenvalue weighted by atomic mass is 19.1. The lowest BCUT2D eigenvalue weighted by Gasteiger charge is -2.28. The maximum absolute atomic E-state index is 14.9. The molecule has 0 radical (unpaired) electrons. The number of hydrogen-bond acceptors (Lipinski definition) is 6. The summed E-state index contributed by atoms with van der Waals surface area (Å²) in [5, 5.41) is 6.52. The third kappa shape index (κ3) is 4.67. The van der Waals surface area contributed by atoms with Crippen molar-refractivity contribution >= 4 is 22.8 Å². The van der Waals surface area contributed by atoms with Crippen LogP contribution in [0.2, 0.25) is 0 Å². The lowest BCUT2D eigenvalue weighted by Crippen LogP contribution is -2.32. The van der Waals surface area contributed by atoms with Gasteiger partial charge in [-0.1, -0.05) is 13.0 Å². The van der Waals surface area contributed by atoms with Gasteiger partial charge in [-0.05, 0) is 82.3 Å². The van der Waals surface area contributed by atoms with Crippen molar-refractivity contribution in [3.8, 4) is 11.3 Å². The summed E-state index contributed by atoms with van der Waals surface area (Å²) in [5.74, 6) is 1.29. The summed E-state index contributed by atoms with van der Waals surface area (Å²) in [6.07, 6.45) is 5.36. The number of benzene rings is 1. The van der Waals surface area contributed by atoms with Gasteiger partial charge in [-0.25, -0.2) is 28.7 Å². The third-order valence-corrected chi connectivity index (χ3v) is 7.05. The van der Waals surface area contributed by atoms with E-state index in [2.05, 4.69) is 43.6 Å². The van der Waals surface area contributed by atoms with Crippen LogP contribution in [0.4, 0.5) is 20.5 Å². The highest BCUT2D eigenvalue weighted by Gasteiger charge is 2.22. The molecule has 1 fully saturated rings. The first-order chi connectivity index (χ1) is 17.3. The number of imidazole rings is 1. The van der Waals surface area contributed by atoms with Crippen LogP contribution in [0, 0.1) is 24.5 Å². The monoisotopic (exact) mass is 491 g/mol. The molecule has 3 aromatic heterocycles. The molecule has 0 aliphatic carbocycles. The van der Waals surface area contributed by atoms with Crippen LogP contribution in [0.3, 0.4) is 0 Å². The minimum atomic E-state index is -0.634. The van der Waals surface area contributed by atoms with Crippen LogP contribution in [-0.2, 0) is 0 Å². The van der Waals surface area contributed by atoms with E-state index in [1.807, 2.05) is 37.6 Å². The molecule has 0 amide bonds. The molecule has 2 unspecified atom stereocenters. The molecule has 0 spiro atoms. The molecule has 1 aromatic carbocycles. The first-order valence-corrected chi connectivity index (χ1v) is 12.5. The topological polar surface area (TPSA) is 80.6 Å². The highest BCUT2D eigenvalue weighted by Crippen LogP contribution is 2.31. The average Bonchev–Trinajstić information content (AvgIpc) is 3.22. The zero-order valence-corrected chi connectivity index (χ0v) is 21.0. The number of piperidine rings is 1. The predicted molar refractivity (Wildman–Crippen MR) is 137 cm³/mol. The Kier molecular flexibility index (Phi) is 6.66. The summed E-state index contributed by atoms with van der Waals surface area (Å²) in [4.78, 5) is 17.3. The van der Waals surface area contributed by atoms with E-state index in [0.717, 1.165) is 19.3 Å². The fourth-order valence-corrected chi connectivity index (χ4v) is 5.13. The zero-order valence-electron chi connectivity index (χ0n) is 21.0. The van der Waals surface area contributed by atoms with Gasteiger partial charge in [0.2, 0.25) is 5.95 Å². The van der Waals surface area contributed by atoms with Crippen molar-refractivity contribution in [3.63, 3.8) is 0 Å². The second-order valence-corrected chi connectivity index (χ2v) is 9.84. The molecular formula is C27H31F2N7. The van der Waals surface area contributed by atoms with Gasteiger partial charge in [-0.3, -0.25) is 0 Å². The van der Waals surface area contributed by atoms with Gasteiger partial charge in [0, 0.05) is 17.8 Å². The van der Waals surface area contributed by atoms with Crippen LogP contribution in [-0.4, -0.2) is 37.6 Å². The lowest BCUT2D eigenvalue weighted by molar-refractivity contribution is 0.334. The molecule has 0 saturated carbocycles. The van der Waals surface area contributed by atoms with Gasteiger partial charge < -0.3 is 15.2 Å². The van der Waals surface area contributed by atoms with Crippen LogP contribution in [0.5, 0.6) is 0 Å². The summed E-state index contributed by atoms with van der Waals surface area (Å²) in [7, 11) is 0. The molecule has 0 bridgehead atoms. The highest BCUT2D eigenvalue weighted by molar-refractivity contribution is 5.83. The number of nitrogens with zero attached hydrogens (tertiary/aromatic N) is 5. The van der Waals surface area contributed by atoms with Gasteiger partial charge in [0.25, 0.3) is 0 Å². The Balaban J connectivity index is 1.41. The van der Waals surface area contributed by atoms with Crippen LogP contribution >= 0.6 is 0 Å². The van der Waals surface area contributed by atoms with Crippen molar-refractivity contribution < 1.29 is 8.78 Å². The van der Waals surface area contributed by atoms with E-state index in [-0.39, 0.29) is 23.2 Å². The molecule has 7 nitrogen and oxygen atoms in total. The van der Waals surface area contributed by atoms with Gasteiger partial charge >= 0.3 is 0 Å². The maximum atomic E-state index is 14.9. The summed E-state index contributed by atoms with van der Waals surface area (Å²) in [6, 6.07) is 7.00. The smallest absolute Gasteiger partial charge is 0.229 e. The van der Waals surface area contributed by atoms with Crippen molar-refractivity contribution in [2.75, 3.05) is 18.4 Å². The third-order valence-electron chi connectivity index (χ3n) is 7.05. The van der Waals surface area contributed by atoms with Gasteiger partial charge in [-0.2, -0.15) is 0 Å². The van der Waals surface area contributed by atoms with Gasteiger partial charge in [0.05, 0.1) is 11.7 Å². The van der Waals surface area contributed by atoms with Crippen LogP contribution in [0.15, 0.2) is 36.7 Å². The van der Waals surface area contributed by atoms with Crippen LogP contribution < -0.4 is 10.6 Å². The van der Waals surface area contributed by atoms with Crippen molar-refractivity contribution in [2.24, 2.45) is 5.92 Å². The summed E-state index contributed by atoms with van der Waals surface area (Å²) >= 11 is 0. The zero-order chi connectivity index (χ0) is 25.4. The fourth-order valence-electron chi connectivity index (χ4n) is 5.13. The second kappa shape index (κ2) is 9.89. The second-order valence-electron chi connectivity index (χ2n) is 9.84. The van der Waals surface area contributed by atoms with Crippen molar-refractivity contribution in [1.82, 2.24) is 29.8 Å². The number of nitrogens with one attached hydrogen (secondary N) is 2. The largest absolute Gasteiger partial charge is 0.326 e. The Morgan fingerprint density at radius 3 is 2.58 bits per heavy atom. The minimum absolute atomic E-state index is 0.0116. The van der Waals surface area contributed by atoms with E-state index in [1.54, 1.807) is 6.07 Å². The van der Waals surface area contributed by atoms with Crippen molar-refractivity contribution in [2.45, 2.75) is 52.5 Å². The SMILES string of the molecule is Cc1nc2c(F)cc(-c3nc(Nc4ccc(C(C)C5CCCNC5)cn4)ncc3F)cc2n1C(C)C. The van der Waals surface area contributed by atoms with E-state index >= 15 is 0 Å². The van der Waals surface area contributed by atoms with E-state index in [4.69, 9.17) is 0 Å². The van der Waals surface area contributed by atoms with Crippen molar-refractivity contribution in [1.29, 1.82) is 0 Å². The summed E-state index contributed by atoms with van der Waals surface area (Å²) < 4.78 is 31.7. The van der Waals surface area contributed by atoms with E-state index in [1.165, 1.54) is 24.5 Å². The standard InChI is InChI=1S/C27H31F2N7/c1-15(2)36-17(4)33-26-21(28)10-20(11-23(26)36)25-22(29)14-32-27(35-25)34-24-8-7-19(13-31-24)16(3)18-6-5-9-30-12-18/h7-8,10-11,13-16,18,30H,5-6,9,12H2,1-4H3,(H,31,32,34,35). The number of aromatic nitrogens is 5. The predicted octanol–water partition coefficient (Wildman–Crippen LogP) is 5.90. The Hall–Kier alpha value is -3.46. The fraction of sp³-hybridized carbons (Fsp3) is 0.407. The van der Waals surface area contributed by atoms with E-state index < -0.39 is 11.6 Å². The molecule has 4 aromatic rings. The average molecular weight is 492 g/mol. The first-order valence-electron chi connectivity index (χ1n) is 12.5. The molecule has 5 rings (SSSR count). The van der Waals surface area contributed by atoms with Gasteiger partial charge in [0.15, 0.2) is 11.6 Å². The number of aryl methyl sites for hydroxylation is 1. The first kappa shape index (κ1) is 24.2. The Bertz CT molecular complexity index is 1380. The molecule has 36 heavy (non-hydrogen) atoms. The Morgan fingerprint density at radius 2 is 1.89 bits per heavy atom. The number of pyridine rings is 1. The van der Waals surface area contributed by atoms with Crippen LogP contribution in [0.1, 0.15) is 57.0 Å². The molecule has 2 atom stereocenters. The van der Waals surface area contributed by atoms with Gasteiger partial charge in [-0.15, -0.1) is 0 Å². The molecule has 188 valence electrons. The molecule has 4 heterocycles. The van der Waals surface area contributed by atoms with Crippen LogP contribution in [0.25, 0.3) is 22.3 Å². The maximum Gasteiger partial charge on any atom is 0.229 e. The molecule has 1 aliphatic rings. The number of rotatable bonds is 6. The Morgan fingerprint density at radius 1 is 1.06 bits per heavy atom. The normalized spacial score (nSPS) is 17.0. The minimum Gasteiger partial charge on any atom is -0.326 e. The van der Waals surface area contributed by atoms with E-state index in [9.17, 15) is 8.78 Å². The summed E-state index contributed by atoms with van der Waals surface area (Å²) in [5.41, 5.74) is 2.38. The molecular weight excluding hydrogens is 460 g/mol. The number of hydrogen-bond donors (Lipinski definition) is 2. The van der Waals surface area contributed by atoms with E-state index in [0.29, 0.717) is 34.6 Å². The molecule has 1 saturated heterocycles. The number of fused-ring (bicyclic) bond motifs is 1. The number of anilines is 2. The van der Waals surface area contributed by atoms with Crippen molar-refractivity contribution in [3.05, 3.63) is 59.7 Å². The summed E-state index contributed by atoms with van der Waals surface area (Å²) in [6.45, 7) is 10.2. The quantitative estimate of drug-likeness (QED) is 0.349. The molecule has 9 heteroatoms. The lowest BCUT2D eigenvalue weighted by atomic mass is 9.83. The Labute approximate surface area is 209 Å². The molecule has 2 N–H and O–H groups in total.